The highest BCUT2D eigenvalue weighted by Crippen LogP contribution is 2.56. The second-order valence-corrected chi connectivity index (χ2v) is 19.1. The van der Waals surface area contributed by atoms with E-state index >= 15 is 8.63 Å². The Morgan fingerprint density at radius 1 is 0.825 bits per heavy atom. The van der Waals surface area contributed by atoms with Crippen LogP contribution in [0.3, 0.4) is 0 Å². The van der Waals surface area contributed by atoms with E-state index in [0.717, 1.165) is 50.9 Å². The average molecular weight is 799 g/mol. The third-order valence-corrected chi connectivity index (χ3v) is 16.4. The molecule has 287 valence electrons. The largest absolute Gasteiger partial charge is 0.738 e. The zero-order valence-electron chi connectivity index (χ0n) is 31.5. The first kappa shape index (κ1) is 38.5. The summed E-state index contributed by atoms with van der Waals surface area (Å²) in [7, 11) is -1.98. The average Bonchev–Trinajstić information content (AvgIpc) is 4.00. The van der Waals surface area contributed by atoms with Crippen LogP contribution in [0.5, 0.6) is 0 Å². The van der Waals surface area contributed by atoms with Gasteiger partial charge in [-0.1, -0.05) is 101 Å². The number of benzene rings is 4. The molecule has 4 aromatic carbocycles. The van der Waals surface area contributed by atoms with E-state index in [1.165, 1.54) is 15.9 Å². The molecule has 0 fully saturated rings. The van der Waals surface area contributed by atoms with Crippen LogP contribution >= 0.6 is 19.0 Å². The highest BCUT2D eigenvalue weighted by atomic mass is 32.2. The fourth-order valence-electron chi connectivity index (χ4n) is 7.97. The van der Waals surface area contributed by atoms with Crippen molar-refractivity contribution in [3.8, 4) is 11.4 Å². The van der Waals surface area contributed by atoms with Crippen molar-refractivity contribution in [2.45, 2.75) is 38.8 Å². The van der Waals surface area contributed by atoms with Crippen molar-refractivity contribution >= 4 is 58.5 Å². The van der Waals surface area contributed by atoms with Crippen molar-refractivity contribution in [1.29, 1.82) is 0 Å². The normalized spacial score (nSPS) is 15.2. The summed E-state index contributed by atoms with van der Waals surface area (Å²) in [4.78, 5) is 11.2. The number of aryl methyl sites for hydroxylation is 2. The number of aromatic nitrogens is 4. The van der Waals surface area contributed by atoms with Crippen LogP contribution in [0, 0.1) is 6.92 Å². The Hall–Kier alpha value is -5.42. The molecule has 0 amide bonds. The Kier molecular flexibility index (Phi) is 10.9. The van der Waals surface area contributed by atoms with E-state index < -0.39 is 26.2 Å². The number of thioether (sulfide) groups is 1. The molecular weight excluding hydrogens is 756 g/mol. The fourth-order valence-corrected chi connectivity index (χ4v) is 13.5. The molecule has 0 aliphatic carbocycles. The van der Waals surface area contributed by atoms with Crippen molar-refractivity contribution in [1.82, 2.24) is 19.5 Å². The van der Waals surface area contributed by atoms with Gasteiger partial charge >= 0.3 is 12.9 Å². The quantitative estimate of drug-likeness (QED) is 0.0714. The van der Waals surface area contributed by atoms with Crippen molar-refractivity contribution in [2.75, 3.05) is 11.9 Å². The molecule has 0 saturated heterocycles. The van der Waals surface area contributed by atoms with E-state index in [-0.39, 0.29) is 17.9 Å². The van der Waals surface area contributed by atoms with Gasteiger partial charge in [-0.15, -0.1) is 5.10 Å². The molecule has 1 atom stereocenters. The Morgan fingerprint density at radius 2 is 1.42 bits per heavy atom. The topological polar surface area (TPSA) is 102 Å². The Labute approximate surface area is 335 Å². The maximum Gasteiger partial charge on any atom is 0.738 e. The fraction of sp³-hybridized carbons (Fsp3) is 0.182. The summed E-state index contributed by atoms with van der Waals surface area (Å²) in [5.41, 5.74) is 9.60. The van der Waals surface area contributed by atoms with Crippen LogP contribution < -0.4 is 21.6 Å². The molecule has 8 rings (SSSR count). The number of hydrogen-bond acceptors (Lipinski definition) is 5. The van der Waals surface area contributed by atoms with E-state index in [1.807, 2.05) is 31.2 Å². The van der Waals surface area contributed by atoms with Gasteiger partial charge < -0.3 is 23.3 Å². The lowest BCUT2D eigenvalue weighted by molar-refractivity contribution is -0.358. The van der Waals surface area contributed by atoms with Gasteiger partial charge in [0.1, 0.15) is 34.9 Å². The third-order valence-electron chi connectivity index (χ3n) is 10.8. The summed E-state index contributed by atoms with van der Waals surface area (Å²) in [6.45, 7) is -1.83. The minimum atomic E-state index is -4.40. The van der Waals surface area contributed by atoms with E-state index in [0.29, 0.717) is 34.2 Å². The number of hydrogen-bond donors (Lipinski definition) is 1. The summed E-state index contributed by atoms with van der Waals surface area (Å²) in [5, 5.41) is 24.4. The third kappa shape index (κ3) is 7.34. The van der Waals surface area contributed by atoms with Crippen LogP contribution in [0.25, 0.3) is 17.0 Å². The standard InChI is InChI=1S/C44H42BF2N6O2PS/c1-32-19-21-33(22-20-32)43-40-24-23-39(52(40)45(46,47)53-41(43)25-26-42(53)57-30-27-37(48)44(54)55)38-31-51(50-49-38)28-11-12-29-56(34-13-5-2-6-14-34,35-15-7-3-8-16-35)36-17-9-4-10-18-36/h2-10,13-26,31,37H,11-12,27-30,48H2,1H3/q+1/t37-/m0/s1. The van der Waals surface area contributed by atoms with Crippen LogP contribution in [0.2, 0.25) is 0 Å². The number of halogens is 2. The first-order chi connectivity index (χ1) is 27.7. The molecule has 2 aliphatic rings. The van der Waals surface area contributed by atoms with Gasteiger partial charge in [0.05, 0.1) is 17.9 Å². The number of carbonyl (C=O) groups excluding carboxylic acids is 1. The zero-order valence-corrected chi connectivity index (χ0v) is 33.2. The van der Waals surface area contributed by atoms with E-state index in [1.54, 1.807) is 35.2 Å². The SMILES string of the molecule is Cc1ccc(C2=C3C=CC(SCC[C@H](N)C([O])=O)=[N+]3[B-](F)(F)n3c2ccc3-c2cn(CCCC[P+](c3ccccc3)(c3ccccc3)c3ccccc3)nn2)cc1. The first-order valence-corrected chi connectivity index (χ1v) is 22.1. The highest BCUT2D eigenvalue weighted by Gasteiger charge is 2.55. The van der Waals surface area contributed by atoms with Gasteiger partial charge in [-0.05, 0) is 80.3 Å². The zero-order chi connectivity index (χ0) is 39.6. The van der Waals surface area contributed by atoms with Gasteiger partial charge in [-0.3, -0.25) is 4.68 Å². The lowest BCUT2D eigenvalue weighted by Crippen LogP contribution is -2.51. The second kappa shape index (κ2) is 16.2. The molecule has 1 radical (unpaired) electrons. The number of fused-ring (bicyclic) bond motifs is 2. The Morgan fingerprint density at radius 3 is 2.02 bits per heavy atom. The molecule has 2 aliphatic heterocycles. The molecule has 2 aromatic heterocycles. The minimum absolute atomic E-state index is 0.0806. The second-order valence-electron chi connectivity index (χ2n) is 14.4. The molecule has 8 nitrogen and oxygen atoms in total. The number of allylic oxidation sites excluding steroid dienone is 1. The van der Waals surface area contributed by atoms with Crippen LogP contribution in [-0.4, -0.2) is 59.9 Å². The van der Waals surface area contributed by atoms with Gasteiger partial charge in [0.15, 0.2) is 10.7 Å². The van der Waals surface area contributed by atoms with Gasteiger partial charge in [0.25, 0.3) is 0 Å². The molecule has 2 N–H and O–H groups in total. The molecule has 0 bridgehead atoms. The van der Waals surface area contributed by atoms with Crippen molar-refractivity contribution in [2.24, 2.45) is 5.73 Å². The molecular formula is C44H42BF2N6O2PS+. The van der Waals surface area contributed by atoms with E-state index in [9.17, 15) is 9.90 Å². The maximum absolute atomic E-state index is 17.1. The predicted molar refractivity (Wildman–Crippen MR) is 228 cm³/mol. The Bertz CT molecular complexity index is 2390. The molecule has 13 heteroatoms. The monoisotopic (exact) mass is 798 g/mol. The first-order valence-electron chi connectivity index (χ1n) is 19.1. The van der Waals surface area contributed by atoms with Crippen molar-refractivity contribution in [3.63, 3.8) is 0 Å². The van der Waals surface area contributed by atoms with Gasteiger partial charge in [0, 0.05) is 35.8 Å². The molecule has 57 heavy (non-hydrogen) atoms. The number of rotatable bonds is 14. The summed E-state index contributed by atoms with van der Waals surface area (Å²) in [6.07, 6.45) is 7.92. The molecule has 0 unspecified atom stereocenters. The summed E-state index contributed by atoms with van der Waals surface area (Å²) in [6, 6.07) is 42.5. The van der Waals surface area contributed by atoms with E-state index in [2.05, 4.69) is 101 Å². The lowest BCUT2D eigenvalue weighted by Gasteiger charge is -2.33. The summed E-state index contributed by atoms with van der Waals surface area (Å²) >= 11 is 1.15. The molecule has 6 aromatic rings. The number of nitrogens with zero attached hydrogens (tertiary/aromatic N) is 5. The minimum Gasteiger partial charge on any atom is -0.389 e. The van der Waals surface area contributed by atoms with Gasteiger partial charge in [-0.2, -0.15) is 0 Å². The highest BCUT2D eigenvalue weighted by molar-refractivity contribution is 8.14. The summed E-state index contributed by atoms with van der Waals surface area (Å²) in [5.74, 6) is -1.14. The van der Waals surface area contributed by atoms with Gasteiger partial charge in [0.2, 0.25) is 0 Å². The van der Waals surface area contributed by atoms with Crippen molar-refractivity contribution < 1.29 is 23.0 Å². The van der Waals surface area contributed by atoms with Crippen molar-refractivity contribution in [3.05, 3.63) is 168 Å². The number of carbonyl (C=O) groups is 1. The van der Waals surface area contributed by atoms with Gasteiger partial charge in [-0.25, -0.2) is 9.90 Å². The smallest absolute Gasteiger partial charge is 0.389 e. The summed E-state index contributed by atoms with van der Waals surface area (Å²) < 4.78 is 38.1. The molecule has 0 saturated carbocycles. The predicted octanol–water partition coefficient (Wildman–Crippen LogP) is 7.21. The number of unbranched alkanes of at least 4 members (excludes halogenated alkanes) is 1. The lowest BCUT2D eigenvalue weighted by atomic mass is 9.86. The van der Waals surface area contributed by atoms with E-state index in [4.69, 9.17) is 5.73 Å². The molecule has 0 spiro atoms. The number of nitrogens with two attached hydrogens (primary N) is 1. The van der Waals surface area contributed by atoms with Crippen LogP contribution in [0.1, 0.15) is 36.1 Å². The van der Waals surface area contributed by atoms with Crippen LogP contribution in [0.15, 0.2) is 151 Å². The Balaban J connectivity index is 1.08. The van der Waals surface area contributed by atoms with Crippen LogP contribution in [-0.2, 0) is 16.4 Å². The molecule has 4 heterocycles. The maximum atomic E-state index is 17.1. The van der Waals surface area contributed by atoms with Crippen LogP contribution in [0.4, 0.5) is 8.63 Å².